The van der Waals surface area contributed by atoms with Gasteiger partial charge in [-0.05, 0) is 19.4 Å². The Kier molecular flexibility index (Phi) is 2.74. The molecule has 4 heteroatoms. The Morgan fingerprint density at radius 1 is 1.71 bits per heavy atom. The third kappa shape index (κ3) is 2.07. The van der Waals surface area contributed by atoms with Crippen molar-refractivity contribution in [2.45, 2.75) is 25.8 Å². The summed E-state index contributed by atoms with van der Waals surface area (Å²) < 4.78 is 5.33. The van der Waals surface area contributed by atoms with Crippen molar-refractivity contribution < 1.29 is 9.53 Å². The lowest BCUT2D eigenvalue weighted by Gasteiger charge is -2.29. The number of hydrogen-bond donors (Lipinski definition) is 2. The molecule has 0 radical (unpaired) electrons. The SMILES string of the molecule is CC1(CNC(=O)C2CCN2)CCOC1. The van der Waals surface area contributed by atoms with E-state index in [0.29, 0.717) is 0 Å². The molecule has 0 aromatic rings. The predicted molar refractivity (Wildman–Crippen MR) is 53.0 cm³/mol. The number of carbonyl (C=O) groups excluding carboxylic acids is 1. The minimum absolute atomic E-state index is 0.0564. The van der Waals surface area contributed by atoms with Crippen LogP contribution in [0.4, 0.5) is 0 Å². The maximum atomic E-state index is 11.5. The van der Waals surface area contributed by atoms with Crippen molar-refractivity contribution in [3.8, 4) is 0 Å². The molecule has 2 saturated heterocycles. The zero-order valence-electron chi connectivity index (χ0n) is 8.64. The van der Waals surface area contributed by atoms with E-state index in [9.17, 15) is 4.79 Å². The lowest BCUT2D eigenvalue weighted by Crippen LogP contribution is -2.54. The van der Waals surface area contributed by atoms with E-state index >= 15 is 0 Å². The van der Waals surface area contributed by atoms with Crippen molar-refractivity contribution in [2.24, 2.45) is 5.41 Å². The molecule has 2 unspecified atom stereocenters. The van der Waals surface area contributed by atoms with Crippen LogP contribution >= 0.6 is 0 Å². The molecule has 2 aliphatic rings. The molecule has 80 valence electrons. The monoisotopic (exact) mass is 198 g/mol. The van der Waals surface area contributed by atoms with E-state index in [1.807, 2.05) is 0 Å². The molecule has 14 heavy (non-hydrogen) atoms. The van der Waals surface area contributed by atoms with Gasteiger partial charge in [-0.25, -0.2) is 0 Å². The zero-order valence-corrected chi connectivity index (χ0v) is 8.64. The highest BCUT2D eigenvalue weighted by molar-refractivity contribution is 5.82. The van der Waals surface area contributed by atoms with Crippen LogP contribution in [0.1, 0.15) is 19.8 Å². The van der Waals surface area contributed by atoms with Gasteiger partial charge in [-0.15, -0.1) is 0 Å². The Labute approximate surface area is 84.4 Å². The van der Waals surface area contributed by atoms with Crippen molar-refractivity contribution in [1.29, 1.82) is 0 Å². The van der Waals surface area contributed by atoms with Gasteiger partial charge < -0.3 is 15.4 Å². The minimum atomic E-state index is 0.0564. The highest BCUT2D eigenvalue weighted by Crippen LogP contribution is 2.26. The fourth-order valence-electron chi connectivity index (χ4n) is 1.78. The lowest BCUT2D eigenvalue weighted by atomic mass is 9.90. The number of ether oxygens (including phenoxy) is 1. The van der Waals surface area contributed by atoms with Crippen LogP contribution in [0.2, 0.25) is 0 Å². The quantitative estimate of drug-likeness (QED) is 0.665. The first kappa shape index (κ1) is 9.93. The van der Waals surface area contributed by atoms with Crippen LogP contribution in [-0.2, 0) is 9.53 Å². The second-order valence-electron chi connectivity index (χ2n) is 4.63. The fourth-order valence-corrected chi connectivity index (χ4v) is 1.78. The van der Waals surface area contributed by atoms with E-state index in [0.717, 1.165) is 39.1 Å². The summed E-state index contributed by atoms with van der Waals surface area (Å²) in [5.74, 6) is 0.143. The normalized spacial score (nSPS) is 36.5. The largest absolute Gasteiger partial charge is 0.381 e. The Hall–Kier alpha value is -0.610. The van der Waals surface area contributed by atoms with E-state index in [-0.39, 0.29) is 17.4 Å². The van der Waals surface area contributed by atoms with E-state index < -0.39 is 0 Å². The van der Waals surface area contributed by atoms with E-state index in [1.54, 1.807) is 0 Å². The average molecular weight is 198 g/mol. The number of nitrogens with one attached hydrogen (secondary N) is 2. The van der Waals surface area contributed by atoms with Crippen molar-refractivity contribution in [2.75, 3.05) is 26.3 Å². The topological polar surface area (TPSA) is 50.4 Å². The molecular formula is C10H18N2O2. The highest BCUT2D eigenvalue weighted by Gasteiger charge is 2.31. The fraction of sp³-hybridized carbons (Fsp3) is 0.900. The maximum absolute atomic E-state index is 11.5. The molecule has 2 rings (SSSR count). The van der Waals surface area contributed by atoms with Crippen molar-refractivity contribution in [1.82, 2.24) is 10.6 Å². The zero-order chi connectivity index (χ0) is 10.0. The lowest BCUT2D eigenvalue weighted by molar-refractivity contribution is -0.125. The van der Waals surface area contributed by atoms with Crippen LogP contribution in [0.3, 0.4) is 0 Å². The van der Waals surface area contributed by atoms with Gasteiger partial charge in [0.05, 0.1) is 12.6 Å². The van der Waals surface area contributed by atoms with Gasteiger partial charge in [-0.1, -0.05) is 6.92 Å². The van der Waals surface area contributed by atoms with Gasteiger partial charge in [0, 0.05) is 18.6 Å². The number of amides is 1. The Morgan fingerprint density at radius 2 is 2.50 bits per heavy atom. The van der Waals surface area contributed by atoms with Crippen LogP contribution < -0.4 is 10.6 Å². The summed E-state index contributed by atoms with van der Waals surface area (Å²) in [6.07, 6.45) is 2.02. The summed E-state index contributed by atoms with van der Waals surface area (Å²) in [5, 5.41) is 6.08. The number of carbonyl (C=O) groups is 1. The Balaban J connectivity index is 1.72. The summed E-state index contributed by atoms with van der Waals surface area (Å²) >= 11 is 0. The third-order valence-corrected chi connectivity index (χ3v) is 3.13. The Morgan fingerprint density at radius 3 is 3.00 bits per heavy atom. The molecule has 2 N–H and O–H groups in total. The highest BCUT2D eigenvalue weighted by atomic mass is 16.5. The van der Waals surface area contributed by atoms with Gasteiger partial charge in [0.2, 0.25) is 5.91 Å². The minimum Gasteiger partial charge on any atom is -0.381 e. The first-order valence-corrected chi connectivity index (χ1v) is 5.28. The summed E-state index contributed by atoms with van der Waals surface area (Å²) in [6.45, 7) is 5.47. The smallest absolute Gasteiger partial charge is 0.237 e. The molecular weight excluding hydrogens is 180 g/mol. The summed E-state index contributed by atoms with van der Waals surface area (Å²) in [4.78, 5) is 11.5. The van der Waals surface area contributed by atoms with Crippen LogP contribution in [-0.4, -0.2) is 38.3 Å². The predicted octanol–water partition coefficient (Wildman–Crippen LogP) is -0.109. The number of rotatable bonds is 3. The van der Waals surface area contributed by atoms with E-state index in [2.05, 4.69) is 17.6 Å². The molecule has 2 atom stereocenters. The summed E-state index contributed by atoms with van der Waals surface area (Å²) in [7, 11) is 0. The van der Waals surface area contributed by atoms with Crippen LogP contribution in [0.5, 0.6) is 0 Å². The van der Waals surface area contributed by atoms with Crippen molar-refractivity contribution in [3.05, 3.63) is 0 Å². The first-order chi connectivity index (χ1) is 6.70. The van der Waals surface area contributed by atoms with E-state index in [1.165, 1.54) is 0 Å². The second kappa shape index (κ2) is 3.87. The molecule has 0 spiro atoms. The van der Waals surface area contributed by atoms with Gasteiger partial charge in [0.1, 0.15) is 0 Å². The molecule has 0 aliphatic carbocycles. The van der Waals surface area contributed by atoms with Crippen molar-refractivity contribution in [3.63, 3.8) is 0 Å². The van der Waals surface area contributed by atoms with Crippen LogP contribution in [0, 0.1) is 5.41 Å². The molecule has 2 aliphatic heterocycles. The summed E-state index contributed by atoms with van der Waals surface area (Å²) in [6, 6.07) is 0.0564. The van der Waals surface area contributed by atoms with Crippen LogP contribution in [0.25, 0.3) is 0 Å². The molecule has 0 aromatic carbocycles. The Bertz CT molecular complexity index is 220. The molecule has 0 saturated carbocycles. The van der Waals surface area contributed by atoms with Crippen LogP contribution in [0.15, 0.2) is 0 Å². The second-order valence-corrected chi connectivity index (χ2v) is 4.63. The van der Waals surface area contributed by atoms with Gasteiger partial charge in [0.15, 0.2) is 0 Å². The molecule has 0 aromatic heterocycles. The number of hydrogen-bond acceptors (Lipinski definition) is 3. The average Bonchev–Trinajstić information content (AvgIpc) is 2.47. The van der Waals surface area contributed by atoms with Gasteiger partial charge >= 0.3 is 0 Å². The first-order valence-electron chi connectivity index (χ1n) is 5.28. The molecule has 4 nitrogen and oxygen atoms in total. The molecule has 2 fully saturated rings. The van der Waals surface area contributed by atoms with Gasteiger partial charge in [-0.2, -0.15) is 0 Å². The van der Waals surface area contributed by atoms with Gasteiger partial charge in [-0.3, -0.25) is 4.79 Å². The standard InChI is InChI=1S/C10H18N2O2/c1-10(3-5-14-7-10)6-12-9(13)8-2-4-11-8/h8,11H,2-7H2,1H3,(H,12,13). The molecule has 1 amide bonds. The molecule has 0 bridgehead atoms. The maximum Gasteiger partial charge on any atom is 0.237 e. The van der Waals surface area contributed by atoms with Crippen molar-refractivity contribution >= 4 is 5.91 Å². The summed E-state index contributed by atoms with van der Waals surface area (Å²) in [5.41, 5.74) is 0.152. The third-order valence-electron chi connectivity index (χ3n) is 3.13. The van der Waals surface area contributed by atoms with Gasteiger partial charge in [0.25, 0.3) is 0 Å². The van der Waals surface area contributed by atoms with E-state index in [4.69, 9.17) is 4.74 Å². The molecule has 2 heterocycles.